The van der Waals surface area contributed by atoms with Crippen LogP contribution in [0.5, 0.6) is 5.75 Å². The zero-order valence-electron chi connectivity index (χ0n) is 8.96. The summed E-state index contributed by atoms with van der Waals surface area (Å²) in [6.45, 7) is 0.601. The van der Waals surface area contributed by atoms with Gasteiger partial charge in [0, 0.05) is 6.54 Å². The average Bonchev–Trinajstić information content (AvgIpc) is 2.18. The van der Waals surface area contributed by atoms with Crippen LogP contribution in [0.4, 0.5) is 0 Å². The number of methoxy groups -OCH3 is 1. The van der Waals surface area contributed by atoms with Gasteiger partial charge in [-0.1, -0.05) is 6.07 Å². The molecule has 0 heterocycles. The molecule has 15 heavy (non-hydrogen) atoms. The molecule has 0 bridgehead atoms. The molecule has 0 fully saturated rings. The van der Waals surface area contributed by atoms with Crippen molar-refractivity contribution in [2.24, 2.45) is 0 Å². The molecule has 3 nitrogen and oxygen atoms in total. The number of nitrogens with one attached hydrogen (secondary N) is 1. The lowest BCUT2D eigenvalue weighted by Crippen LogP contribution is -2.25. The van der Waals surface area contributed by atoms with E-state index in [0.29, 0.717) is 13.0 Å². The summed E-state index contributed by atoms with van der Waals surface area (Å²) in [5.74, 6) is 0.807. The molecule has 0 amide bonds. The fourth-order valence-corrected chi connectivity index (χ4v) is 2.00. The highest BCUT2D eigenvalue weighted by molar-refractivity contribution is 9.10. The predicted molar refractivity (Wildman–Crippen MR) is 64.3 cm³/mol. The van der Waals surface area contributed by atoms with Crippen molar-refractivity contribution in [2.45, 2.75) is 12.5 Å². The molecule has 0 aliphatic rings. The van der Waals surface area contributed by atoms with E-state index < -0.39 is 0 Å². The Kier molecular flexibility index (Phi) is 5.08. The number of rotatable bonds is 5. The fourth-order valence-electron chi connectivity index (χ4n) is 1.42. The molecule has 1 rings (SSSR count). The minimum absolute atomic E-state index is 0.352. The van der Waals surface area contributed by atoms with Gasteiger partial charge >= 0.3 is 0 Å². The molecule has 0 aromatic heterocycles. The van der Waals surface area contributed by atoms with Gasteiger partial charge in [-0.25, -0.2) is 0 Å². The fraction of sp³-hybridized carbons (Fsp3) is 0.455. The molecule has 0 saturated carbocycles. The zero-order valence-corrected chi connectivity index (χ0v) is 10.5. The minimum atomic E-state index is -0.352. The summed E-state index contributed by atoms with van der Waals surface area (Å²) < 4.78 is 6.05. The van der Waals surface area contributed by atoms with E-state index in [2.05, 4.69) is 21.2 Å². The second kappa shape index (κ2) is 6.10. The van der Waals surface area contributed by atoms with E-state index in [1.807, 2.05) is 25.2 Å². The first-order chi connectivity index (χ1) is 7.17. The van der Waals surface area contributed by atoms with Crippen molar-refractivity contribution in [3.63, 3.8) is 0 Å². The van der Waals surface area contributed by atoms with Crippen LogP contribution in [-0.4, -0.2) is 31.9 Å². The van der Waals surface area contributed by atoms with Crippen LogP contribution in [0.2, 0.25) is 0 Å². The third-order valence-electron chi connectivity index (χ3n) is 2.13. The Labute approximate surface area is 98.6 Å². The van der Waals surface area contributed by atoms with E-state index in [-0.39, 0.29) is 6.10 Å². The molecular weight excluding hydrogens is 258 g/mol. The smallest absolute Gasteiger partial charge is 0.133 e. The lowest BCUT2D eigenvalue weighted by atomic mass is 10.1. The summed E-state index contributed by atoms with van der Waals surface area (Å²) in [5, 5.41) is 12.5. The maximum absolute atomic E-state index is 9.61. The van der Waals surface area contributed by atoms with Crippen LogP contribution in [-0.2, 0) is 6.42 Å². The first-order valence-electron chi connectivity index (χ1n) is 4.82. The van der Waals surface area contributed by atoms with Gasteiger partial charge in [0.25, 0.3) is 0 Å². The maximum atomic E-state index is 9.61. The Hall–Kier alpha value is -0.580. The molecule has 0 radical (unpaired) electrons. The highest BCUT2D eigenvalue weighted by Gasteiger charge is 2.06. The summed E-state index contributed by atoms with van der Waals surface area (Å²) >= 11 is 3.41. The molecule has 2 N–H and O–H groups in total. The van der Waals surface area contributed by atoms with E-state index in [1.54, 1.807) is 7.11 Å². The molecular formula is C11H16BrNO2. The Bertz CT molecular complexity index is 317. The summed E-state index contributed by atoms with van der Waals surface area (Å²) in [6, 6.07) is 5.83. The highest BCUT2D eigenvalue weighted by Crippen LogP contribution is 2.25. The molecule has 1 aromatic carbocycles. The quantitative estimate of drug-likeness (QED) is 0.856. The van der Waals surface area contributed by atoms with E-state index in [0.717, 1.165) is 15.8 Å². The number of aliphatic hydroxyl groups is 1. The van der Waals surface area contributed by atoms with Crippen molar-refractivity contribution in [2.75, 3.05) is 20.7 Å². The molecule has 0 spiro atoms. The van der Waals surface area contributed by atoms with Gasteiger partial charge in [0.1, 0.15) is 5.75 Å². The van der Waals surface area contributed by atoms with Crippen molar-refractivity contribution in [1.29, 1.82) is 0 Å². The molecule has 1 unspecified atom stereocenters. The topological polar surface area (TPSA) is 41.5 Å². The number of ether oxygens (including phenoxy) is 1. The predicted octanol–water partition coefficient (Wildman–Crippen LogP) is 1.58. The maximum Gasteiger partial charge on any atom is 0.133 e. The summed E-state index contributed by atoms with van der Waals surface area (Å²) in [4.78, 5) is 0. The Morgan fingerprint density at radius 2 is 2.27 bits per heavy atom. The summed E-state index contributed by atoms with van der Waals surface area (Å²) in [6.07, 6.45) is 0.291. The second-order valence-corrected chi connectivity index (χ2v) is 4.24. The second-order valence-electron chi connectivity index (χ2n) is 3.38. The lowest BCUT2D eigenvalue weighted by molar-refractivity contribution is 0.175. The van der Waals surface area contributed by atoms with Crippen LogP contribution in [0.3, 0.4) is 0 Å². The van der Waals surface area contributed by atoms with Gasteiger partial charge in [0.15, 0.2) is 0 Å². The van der Waals surface area contributed by atoms with Crippen LogP contribution in [0.15, 0.2) is 22.7 Å². The van der Waals surface area contributed by atoms with E-state index in [4.69, 9.17) is 4.74 Å². The third-order valence-corrected chi connectivity index (χ3v) is 2.75. The SMILES string of the molecule is CNCC(O)Cc1ccc(OC)c(Br)c1. The van der Waals surface area contributed by atoms with Crippen LogP contribution < -0.4 is 10.1 Å². The number of hydrogen-bond acceptors (Lipinski definition) is 3. The monoisotopic (exact) mass is 273 g/mol. The Morgan fingerprint density at radius 3 is 2.80 bits per heavy atom. The number of likely N-dealkylation sites (N-methyl/N-ethyl adjacent to an activating group) is 1. The van der Waals surface area contributed by atoms with Crippen LogP contribution in [0, 0.1) is 0 Å². The zero-order chi connectivity index (χ0) is 11.3. The van der Waals surface area contributed by atoms with Gasteiger partial charge in [-0.15, -0.1) is 0 Å². The van der Waals surface area contributed by atoms with Crippen LogP contribution in [0.1, 0.15) is 5.56 Å². The number of benzene rings is 1. The molecule has 0 aliphatic heterocycles. The molecule has 4 heteroatoms. The first-order valence-corrected chi connectivity index (χ1v) is 5.61. The van der Waals surface area contributed by atoms with Crippen molar-refractivity contribution < 1.29 is 9.84 Å². The molecule has 84 valence electrons. The molecule has 0 saturated heterocycles. The minimum Gasteiger partial charge on any atom is -0.496 e. The number of halogens is 1. The normalized spacial score (nSPS) is 12.5. The third kappa shape index (κ3) is 3.81. The van der Waals surface area contributed by atoms with Crippen molar-refractivity contribution in [3.05, 3.63) is 28.2 Å². The largest absolute Gasteiger partial charge is 0.496 e. The molecule has 1 aromatic rings. The number of aliphatic hydroxyl groups excluding tert-OH is 1. The first kappa shape index (κ1) is 12.5. The average molecular weight is 274 g/mol. The van der Waals surface area contributed by atoms with E-state index in [9.17, 15) is 5.11 Å². The Balaban J connectivity index is 2.66. The van der Waals surface area contributed by atoms with E-state index in [1.165, 1.54) is 0 Å². The van der Waals surface area contributed by atoms with Crippen molar-refractivity contribution >= 4 is 15.9 Å². The van der Waals surface area contributed by atoms with Crippen molar-refractivity contribution in [1.82, 2.24) is 5.32 Å². The van der Waals surface area contributed by atoms with Gasteiger partial charge in [-0.05, 0) is 47.1 Å². The molecule has 0 aliphatic carbocycles. The number of hydrogen-bond donors (Lipinski definition) is 2. The van der Waals surface area contributed by atoms with Crippen molar-refractivity contribution in [3.8, 4) is 5.75 Å². The Morgan fingerprint density at radius 1 is 1.53 bits per heavy atom. The molecule has 1 atom stereocenters. The van der Waals surface area contributed by atoms with E-state index >= 15 is 0 Å². The van der Waals surface area contributed by atoms with Crippen LogP contribution >= 0.6 is 15.9 Å². The van der Waals surface area contributed by atoms with Gasteiger partial charge in [0.2, 0.25) is 0 Å². The van der Waals surface area contributed by atoms with Gasteiger partial charge in [-0.2, -0.15) is 0 Å². The summed E-state index contributed by atoms with van der Waals surface area (Å²) in [7, 11) is 3.46. The standard InChI is InChI=1S/C11H16BrNO2/c1-13-7-9(14)5-8-3-4-11(15-2)10(12)6-8/h3-4,6,9,13-14H,5,7H2,1-2H3. The van der Waals surface area contributed by atoms with Gasteiger partial charge < -0.3 is 15.2 Å². The highest BCUT2D eigenvalue weighted by atomic mass is 79.9. The van der Waals surface area contributed by atoms with Gasteiger partial charge in [0.05, 0.1) is 17.7 Å². The van der Waals surface area contributed by atoms with Gasteiger partial charge in [-0.3, -0.25) is 0 Å². The van der Waals surface area contributed by atoms with Crippen LogP contribution in [0.25, 0.3) is 0 Å². The lowest BCUT2D eigenvalue weighted by Gasteiger charge is -2.11. The summed E-state index contributed by atoms with van der Waals surface area (Å²) in [5.41, 5.74) is 1.09.